The number of hydrogen-bond donors (Lipinski definition) is 0. The van der Waals surface area contributed by atoms with E-state index in [1.54, 1.807) is 6.20 Å². The summed E-state index contributed by atoms with van der Waals surface area (Å²) < 4.78 is 14.5. The molecule has 1 saturated heterocycles. The van der Waals surface area contributed by atoms with Crippen LogP contribution in [-0.4, -0.2) is 22.9 Å². The Morgan fingerprint density at radius 1 is 1.62 bits per heavy atom. The number of hydrogen-bond acceptors (Lipinski definition) is 2. The molecule has 1 fully saturated rings. The van der Waals surface area contributed by atoms with E-state index in [1.807, 2.05) is 0 Å². The number of aromatic nitrogens is 1. The van der Waals surface area contributed by atoms with Crippen LogP contribution in [0.25, 0.3) is 0 Å². The van der Waals surface area contributed by atoms with E-state index in [2.05, 4.69) is 48.7 Å². The van der Waals surface area contributed by atoms with Gasteiger partial charge in [-0.05, 0) is 34.3 Å². The molecule has 2 nitrogen and oxygen atoms in total. The number of nitrogens with zero attached hydrogens (tertiary/aromatic N) is 2. The minimum absolute atomic E-state index is 0.255. The van der Waals surface area contributed by atoms with Gasteiger partial charge in [0.1, 0.15) is 0 Å². The van der Waals surface area contributed by atoms with Crippen molar-refractivity contribution in [3.63, 3.8) is 0 Å². The third kappa shape index (κ3) is 2.25. The molecule has 0 aliphatic carbocycles. The van der Waals surface area contributed by atoms with E-state index in [-0.39, 0.29) is 5.82 Å². The smallest absolute Gasteiger partial charge is 0.166 e. The van der Waals surface area contributed by atoms with Gasteiger partial charge >= 0.3 is 0 Å². The largest absolute Gasteiger partial charge is 0.350 e. The van der Waals surface area contributed by atoms with Gasteiger partial charge in [0.2, 0.25) is 0 Å². The van der Waals surface area contributed by atoms with Gasteiger partial charge in [0.15, 0.2) is 11.6 Å². The van der Waals surface area contributed by atoms with Gasteiger partial charge in [-0.15, -0.1) is 0 Å². The Morgan fingerprint density at radius 3 is 3.00 bits per heavy atom. The SMILES string of the molecule is CC1CCN(c2ncc(Br)cc2F)C1CBr. The first kappa shape index (κ1) is 12.3. The number of anilines is 1. The first-order valence-electron chi connectivity index (χ1n) is 5.27. The van der Waals surface area contributed by atoms with E-state index in [0.29, 0.717) is 22.3 Å². The Bertz CT molecular complexity index is 386. The van der Waals surface area contributed by atoms with Crippen LogP contribution in [0, 0.1) is 11.7 Å². The highest BCUT2D eigenvalue weighted by molar-refractivity contribution is 9.10. The molecule has 0 N–H and O–H groups in total. The molecule has 2 heterocycles. The fraction of sp³-hybridized carbons (Fsp3) is 0.545. The highest BCUT2D eigenvalue weighted by Gasteiger charge is 2.32. The lowest BCUT2D eigenvalue weighted by atomic mass is 10.1. The molecular formula is C11H13Br2FN2. The summed E-state index contributed by atoms with van der Waals surface area (Å²) in [6.45, 7) is 3.08. The van der Waals surface area contributed by atoms with Crippen LogP contribution < -0.4 is 4.90 Å². The van der Waals surface area contributed by atoms with Gasteiger partial charge in [0.25, 0.3) is 0 Å². The fourth-order valence-electron chi connectivity index (χ4n) is 2.13. The highest BCUT2D eigenvalue weighted by atomic mass is 79.9. The van der Waals surface area contributed by atoms with Gasteiger partial charge < -0.3 is 4.90 Å². The lowest BCUT2D eigenvalue weighted by molar-refractivity contribution is 0.544. The molecule has 0 radical (unpaired) electrons. The van der Waals surface area contributed by atoms with Crippen molar-refractivity contribution in [2.45, 2.75) is 19.4 Å². The number of halogens is 3. The van der Waals surface area contributed by atoms with Gasteiger partial charge in [-0.3, -0.25) is 0 Å². The van der Waals surface area contributed by atoms with Crippen molar-refractivity contribution < 1.29 is 4.39 Å². The second-order valence-corrected chi connectivity index (χ2v) is 5.70. The zero-order valence-electron chi connectivity index (χ0n) is 8.96. The Labute approximate surface area is 111 Å². The molecule has 1 aliphatic rings. The maximum Gasteiger partial charge on any atom is 0.166 e. The molecule has 0 aromatic carbocycles. The topological polar surface area (TPSA) is 16.1 Å². The van der Waals surface area contributed by atoms with Crippen molar-refractivity contribution in [3.8, 4) is 0 Å². The van der Waals surface area contributed by atoms with Crippen LogP contribution in [0.3, 0.4) is 0 Å². The summed E-state index contributed by atoms with van der Waals surface area (Å²) >= 11 is 6.71. The predicted molar refractivity (Wildman–Crippen MR) is 70.6 cm³/mol. The summed E-state index contributed by atoms with van der Waals surface area (Å²) in [4.78, 5) is 6.23. The fourth-order valence-corrected chi connectivity index (χ4v) is 3.42. The highest BCUT2D eigenvalue weighted by Crippen LogP contribution is 2.31. The van der Waals surface area contributed by atoms with Crippen LogP contribution in [0.15, 0.2) is 16.7 Å². The molecule has 2 atom stereocenters. The summed E-state index contributed by atoms with van der Waals surface area (Å²) in [5, 5.41) is 0.853. The van der Waals surface area contributed by atoms with Crippen LogP contribution in [0.4, 0.5) is 10.2 Å². The van der Waals surface area contributed by atoms with Crippen LogP contribution in [0.5, 0.6) is 0 Å². The van der Waals surface area contributed by atoms with Crippen molar-refractivity contribution in [2.75, 3.05) is 16.8 Å². The molecule has 1 aromatic heterocycles. The number of rotatable bonds is 2. The molecule has 0 amide bonds. The van der Waals surface area contributed by atoms with Gasteiger partial charge in [-0.2, -0.15) is 0 Å². The Kier molecular flexibility index (Phi) is 3.85. The van der Waals surface area contributed by atoms with E-state index in [1.165, 1.54) is 6.07 Å². The lowest BCUT2D eigenvalue weighted by Crippen LogP contribution is -2.34. The average molecular weight is 352 g/mol. The van der Waals surface area contributed by atoms with Crippen molar-refractivity contribution >= 4 is 37.7 Å². The first-order chi connectivity index (χ1) is 7.63. The molecule has 2 rings (SSSR count). The predicted octanol–water partition coefficient (Wildman–Crippen LogP) is 3.59. The zero-order chi connectivity index (χ0) is 11.7. The van der Waals surface area contributed by atoms with E-state index in [4.69, 9.17) is 0 Å². The zero-order valence-corrected chi connectivity index (χ0v) is 12.1. The second kappa shape index (κ2) is 5.00. The Hall–Kier alpha value is -0.160. The van der Waals surface area contributed by atoms with Gasteiger partial charge in [0, 0.05) is 28.6 Å². The molecule has 2 unspecified atom stereocenters. The monoisotopic (exact) mass is 350 g/mol. The quantitative estimate of drug-likeness (QED) is 0.757. The molecule has 0 bridgehead atoms. The minimum Gasteiger partial charge on any atom is -0.350 e. The van der Waals surface area contributed by atoms with E-state index >= 15 is 0 Å². The summed E-state index contributed by atoms with van der Waals surface area (Å²) in [5.41, 5.74) is 0. The Morgan fingerprint density at radius 2 is 2.38 bits per heavy atom. The molecule has 0 spiro atoms. The average Bonchev–Trinajstić information content (AvgIpc) is 2.59. The maximum absolute atomic E-state index is 13.8. The van der Waals surface area contributed by atoms with Crippen molar-refractivity contribution in [2.24, 2.45) is 5.92 Å². The minimum atomic E-state index is -0.255. The normalized spacial score (nSPS) is 25.1. The molecule has 16 heavy (non-hydrogen) atoms. The summed E-state index contributed by atoms with van der Waals surface area (Å²) in [6.07, 6.45) is 2.74. The van der Waals surface area contributed by atoms with E-state index < -0.39 is 0 Å². The summed E-state index contributed by atoms with van der Waals surface area (Å²) in [5.74, 6) is 0.788. The van der Waals surface area contributed by atoms with Crippen LogP contribution in [0.2, 0.25) is 0 Å². The number of alkyl halides is 1. The van der Waals surface area contributed by atoms with E-state index in [9.17, 15) is 4.39 Å². The summed E-state index contributed by atoms with van der Waals surface area (Å²) in [7, 11) is 0. The standard InChI is InChI=1S/C11H13Br2FN2/c1-7-2-3-16(10(7)5-12)11-9(14)4-8(13)6-15-11/h4,6-7,10H,2-3,5H2,1H3. The van der Waals surface area contributed by atoms with Gasteiger partial charge in [-0.1, -0.05) is 22.9 Å². The molecule has 5 heteroatoms. The molecular weight excluding hydrogens is 339 g/mol. The Balaban J connectivity index is 2.30. The van der Waals surface area contributed by atoms with E-state index in [0.717, 1.165) is 18.3 Å². The molecule has 88 valence electrons. The summed E-state index contributed by atoms with van der Waals surface area (Å²) in [6, 6.07) is 1.81. The van der Waals surface area contributed by atoms with Crippen LogP contribution in [-0.2, 0) is 0 Å². The van der Waals surface area contributed by atoms with Crippen LogP contribution >= 0.6 is 31.9 Å². The van der Waals surface area contributed by atoms with Crippen molar-refractivity contribution in [1.82, 2.24) is 4.98 Å². The van der Waals surface area contributed by atoms with Gasteiger partial charge in [-0.25, -0.2) is 9.37 Å². The molecule has 1 aliphatic heterocycles. The third-order valence-electron chi connectivity index (χ3n) is 3.10. The maximum atomic E-state index is 13.8. The molecule has 0 saturated carbocycles. The van der Waals surface area contributed by atoms with Crippen LogP contribution in [0.1, 0.15) is 13.3 Å². The lowest BCUT2D eigenvalue weighted by Gasteiger charge is -2.26. The van der Waals surface area contributed by atoms with Gasteiger partial charge in [0.05, 0.1) is 0 Å². The third-order valence-corrected chi connectivity index (χ3v) is 4.20. The molecule has 1 aromatic rings. The van der Waals surface area contributed by atoms with Crippen molar-refractivity contribution in [3.05, 3.63) is 22.6 Å². The second-order valence-electron chi connectivity index (χ2n) is 4.14. The van der Waals surface area contributed by atoms with Crippen molar-refractivity contribution in [1.29, 1.82) is 0 Å². The number of pyridine rings is 1. The first-order valence-corrected chi connectivity index (χ1v) is 7.18.